The molecule has 0 aliphatic rings. The van der Waals surface area contributed by atoms with Crippen LogP contribution in [0.1, 0.15) is 17.3 Å². The fourth-order valence-electron chi connectivity index (χ4n) is 3.51. The standard InChI is InChI=1S/C22H22F4N2O2S/c1-13-10-11-14-17(27-13)8-5-9-18(14)28-20(21(29,12-31-3)22(24,25)26)15-6-4-7-16(23)19(15)30-2/h4-11,20,28-29H,12H2,1-3H3. The number of ether oxygens (including phenoxy) is 1. The Hall–Kier alpha value is -2.52. The van der Waals surface area contributed by atoms with Gasteiger partial charge in [-0.3, -0.25) is 4.98 Å². The zero-order valence-corrected chi connectivity index (χ0v) is 17.9. The Balaban J connectivity index is 2.24. The highest BCUT2D eigenvalue weighted by Gasteiger charge is 2.59. The number of nitrogens with zero attached hydrogens (tertiary/aromatic N) is 1. The predicted octanol–water partition coefficient (Wildman–Crippen LogP) is 5.50. The highest BCUT2D eigenvalue weighted by Crippen LogP contribution is 2.46. The molecule has 2 N–H and O–H groups in total. The van der Waals surface area contributed by atoms with E-state index in [1.807, 2.05) is 0 Å². The lowest BCUT2D eigenvalue weighted by molar-refractivity contribution is -0.256. The second kappa shape index (κ2) is 8.92. The predicted molar refractivity (Wildman–Crippen MR) is 115 cm³/mol. The third-order valence-corrected chi connectivity index (χ3v) is 5.75. The molecule has 0 spiro atoms. The van der Waals surface area contributed by atoms with E-state index in [9.17, 15) is 22.7 Å². The second-order valence-electron chi connectivity index (χ2n) is 7.12. The summed E-state index contributed by atoms with van der Waals surface area (Å²) < 4.78 is 62.0. The minimum atomic E-state index is -5.01. The van der Waals surface area contributed by atoms with E-state index in [4.69, 9.17) is 4.74 Å². The fourth-order valence-corrected chi connectivity index (χ4v) is 4.28. The van der Waals surface area contributed by atoms with Crippen molar-refractivity contribution in [3.63, 3.8) is 0 Å². The number of para-hydroxylation sites is 1. The van der Waals surface area contributed by atoms with Crippen LogP contribution in [0.4, 0.5) is 23.2 Å². The molecule has 0 fully saturated rings. The molecular weight excluding hydrogens is 432 g/mol. The number of methoxy groups -OCH3 is 1. The first-order valence-corrected chi connectivity index (χ1v) is 10.7. The van der Waals surface area contributed by atoms with Gasteiger partial charge >= 0.3 is 6.18 Å². The van der Waals surface area contributed by atoms with Gasteiger partial charge in [0.1, 0.15) is 0 Å². The smallest absolute Gasteiger partial charge is 0.420 e. The molecule has 0 bridgehead atoms. The number of hydrogen-bond donors (Lipinski definition) is 2. The maximum absolute atomic E-state index is 14.4. The van der Waals surface area contributed by atoms with Gasteiger partial charge in [0.2, 0.25) is 0 Å². The van der Waals surface area contributed by atoms with Gasteiger partial charge in [0.15, 0.2) is 17.2 Å². The van der Waals surface area contributed by atoms with E-state index in [0.717, 1.165) is 23.5 Å². The zero-order valence-electron chi connectivity index (χ0n) is 17.1. The minimum absolute atomic E-state index is 0.145. The molecule has 1 heterocycles. The van der Waals surface area contributed by atoms with Crippen LogP contribution >= 0.6 is 11.8 Å². The third kappa shape index (κ3) is 4.43. The first kappa shape index (κ1) is 23.1. The number of aliphatic hydroxyl groups is 1. The molecule has 2 unspecified atom stereocenters. The van der Waals surface area contributed by atoms with Crippen molar-refractivity contribution in [1.29, 1.82) is 0 Å². The van der Waals surface area contributed by atoms with E-state index in [2.05, 4.69) is 10.3 Å². The first-order valence-electron chi connectivity index (χ1n) is 9.35. The van der Waals surface area contributed by atoms with Crippen LogP contribution in [-0.4, -0.2) is 41.0 Å². The summed E-state index contributed by atoms with van der Waals surface area (Å²) in [4.78, 5) is 4.40. The Bertz CT molecular complexity index is 1080. The summed E-state index contributed by atoms with van der Waals surface area (Å²) in [6, 6.07) is 10.4. The summed E-state index contributed by atoms with van der Waals surface area (Å²) in [5.41, 5.74) is -1.70. The molecule has 4 nitrogen and oxygen atoms in total. The van der Waals surface area contributed by atoms with E-state index >= 15 is 0 Å². The Morgan fingerprint density at radius 2 is 1.84 bits per heavy atom. The number of benzene rings is 2. The lowest BCUT2D eigenvalue weighted by Gasteiger charge is -2.39. The molecular formula is C22H22F4N2O2S. The van der Waals surface area contributed by atoms with E-state index in [-0.39, 0.29) is 11.3 Å². The summed E-state index contributed by atoms with van der Waals surface area (Å²) in [7, 11) is 1.17. The van der Waals surface area contributed by atoms with Crippen molar-refractivity contribution in [3.05, 3.63) is 65.6 Å². The molecule has 166 valence electrons. The van der Waals surface area contributed by atoms with Crippen molar-refractivity contribution in [2.24, 2.45) is 0 Å². The Morgan fingerprint density at radius 3 is 2.48 bits per heavy atom. The van der Waals surface area contributed by atoms with Gasteiger partial charge in [-0.05, 0) is 43.5 Å². The molecule has 0 aliphatic heterocycles. The Kier molecular flexibility index (Phi) is 6.66. The number of anilines is 1. The monoisotopic (exact) mass is 454 g/mol. The summed E-state index contributed by atoms with van der Waals surface area (Å²) in [6.07, 6.45) is -3.55. The second-order valence-corrected chi connectivity index (χ2v) is 7.99. The molecule has 1 aromatic heterocycles. The van der Waals surface area contributed by atoms with E-state index in [1.54, 1.807) is 37.3 Å². The average Bonchev–Trinajstić information content (AvgIpc) is 2.70. The van der Waals surface area contributed by atoms with Crippen molar-refractivity contribution in [1.82, 2.24) is 4.98 Å². The number of nitrogens with one attached hydrogen (secondary N) is 1. The zero-order chi connectivity index (χ0) is 22.8. The molecule has 0 saturated carbocycles. The summed E-state index contributed by atoms with van der Waals surface area (Å²) in [6.45, 7) is 1.81. The number of halogens is 4. The number of rotatable bonds is 7. The molecule has 3 rings (SSSR count). The van der Waals surface area contributed by atoms with Crippen molar-refractivity contribution < 1.29 is 27.4 Å². The van der Waals surface area contributed by atoms with E-state index in [1.165, 1.54) is 25.5 Å². The van der Waals surface area contributed by atoms with Gasteiger partial charge in [-0.2, -0.15) is 24.9 Å². The number of alkyl halides is 3. The van der Waals surface area contributed by atoms with Gasteiger partial charge in [0, 0.05) is 28.1 Å². The van der Waals surface area contributed by atoms with Crippen molar-refractivity contribution in [2.75, 3.05) is 24.4 Å². The lowest BCUT2D eigenvalue weighted by atomic mass is 9.88. The van der Waals surface area contributed by atoms with E-state index in [0.29, 0.717) is 16.6 Å². The van der Waals surface area contributed by atoms with Crippen molar-refractivity contribution in [2.45, 2.75) is 24.7 Å². The highest BCUT2D eigenvalue weighted by molar-refractivity contribution is 7.98. The number of pyridine rings is 1. The van der Waals surface area contributed by atoms with Crippen molar-refractivity contribution in [3.8, 4) is 5.75 Å². The Morgan fingerprint density at radius 1 is 1.13 bits per heavy atom. The summed E-state index contributed by atoms with van der Waals surface area (Å²) >= 11 is 0.835. The largest absolute Gasteiger partial charge is 0.493 e. The van der Waals surface area contributed by atoms with Gasteiger partial charge in [-0.15, -0.1) is 0 Å². The number of fused-ring (bicyclic) bond motifs is 1. The topological polar surface area (TPSA) is 54.4 Å². The fraction of sp³-hybridized carbons (Fsp3) is 0.318. The van der Waals surface area contributed by atoms with Crippen LogP contribution in [0.3, 0.4) is 0 Å². The van der Waals surface area contributed by atoms with Gasteiger partial charge < -0.3 is 15.2 Å². The molecule has 9 heteroatoms. The summed E-state index contributed by atoms with van der Waals surface area (Å²) in [5, 5.41) is 14.3. The molecule has 0 radical (unpaired) electrons. The van der Waals surface area contributed by atoms with Crippen LogP contribution in [-0.2, 0) is 0 Å². The minimum Gasteiger partial charge on any atom is -0.493 e. The molecule has 0 aliphatic carbocycles. The SMILES string of the molecule is COc1c(F)cccc1C(Nc1cccc2nc(C)ccc12)C(O)(CSC)C(F)(F)F. The van der Waals surface area contributed by atoms with Crippen LogP contribution in [0, 0.1) is 12.7 Å². The van der Waals surface area contributed by atoms with Gasteiger partial charge in [0.05, 0.1) is 18.7 Å². The normalized spacial score (nSPS) is 14.8. The maximum atomic E-state index is 14.4. The van der Waals surface area contributed by atoms with Crippen LogP contribution in [0.5, 0.6) is 5.75 Å². The first-order chi connectivity index (χ1) is 14.6. The highest BCUT2D eigenvalue weighted by atomic mass is 32.2. The van der Waals surface area contributed by atoms with E-state index < -0.39 is 29.4 Å². The number of hydrogen-bond acceptors (Lipinski definition) is 5. The maximum Gasteiger partial charge on any atom is 0.420 e. The van der Waals surface area contributed by atoms with Gasteiger partial charge in [0.25, 0.3) is 0 Å². The molecule has 2 aromatic carbocycles. The number of thioether (sulfide) groups is 1. The number of aromatic nitrogens is 1. The molecule has 0 amide bonds. The Labute approximate surface area is 181 Å². The quantitative estimate of drug-likeness (QED) is 0.462. The van der Waals surface area contributed by atoms with Gasteiger partial charge in [-0.1, -0.05) is 18.2 Å². The molecule has 0 saturated heterocycles. The van der Waals surface area contributed by atoms with Crippen LogP contribution < -0.4 is 10.1 Å². The lowest BCUT2D eigenvalue weighted by Crippen LogP contribution is -2.54. The van der Waals surface area contributed by atoms with Crippen LogP contribution in [0.2, 0.25) is 0 Å². The van der Waals surface area contributed by atoms with Crippen LogP contribution in [0.15, 0.2) is 48.5 Å². The number of aryl methyl sites for hydroxylation is 1. The molecule has 3 aromatic rings. The van der Waals surface area contributed by atoms with Crippen LogP contribution in [0.25, 0.3) is 10.9 Å². The van der Waals surface area contributed by atoms with Gasteiger partial charge in [-0.25, -0.2) is 4.39 Å². The summed E-state index contributed by atoms with van der Waals surface area (Å²) in [5.74, 6) is -1.86. The molecule has 31 heavy (non-hydrogen) atoms. The average molecular weight is 454 g/mol. The third-order valence-electron chi connectivity index (χ3n) is 5.02. The van der Waals surface area contributed by atoms with Crippen molar-refractivity contribution >= 4 is 28.4 Å². The molecule has 2 atom stereocenters.